The summed E-state index contributed by atoms with van der Waals surface area (Å²) >= 11 is 6.56. The third-order valence-electron chi connectivity index (χ3n) is 3.34. The molecule has 3 nitrogen and oxygen atoms in total. The number of methoxy groups -OCH3 is 3. The van der Waals surface area contributed by atoms with Gasteiger partial charge in [0, 0.05) is 5.56 Å². The first-order valence-corrected chi connectivity index (χ1v) is 7.11. The maximum atomic E-state index is 6.56. The summed E-state index contributed by atoms with van der Waals surface area (Å²) in [4.78, 5) is 0. The Kier molecular flexibility index (Phi) is 5.34. The standard InChI is InChI=1S/C17H19ClO3/c1-19-13-9-7-12(8-10-13)11-15(18)14-5-4-6-16(20-2)17(14)21-3/h4-10,15H,11H2,1-3H3. The van der Waals surface area contributed by atoms with Gasteiger partial charge in [-0.1, -0.05) is 24.3 Å². The summed E-state index contributed by atoms with van der Waals surface area (Å²) in [6.45, 7) is 0. The molecule has 1 unspecified atom stereocenters. The number of benzene rings is 2. The maximum absolute atomic E-state index is 6.56. The molecule has 0 heterocycles. The van der Waals surface area contributed by atoms with Gasteiger partial charge in [-0.2, -0.15) is 0 Å². The molecule has 2 aromatic carbocycles. The molecule has 0 aliphatic rings. The molecule has 0 N–H and O–H groups in total. The van der Waals surface area contributed by atoms with Crippen LogP contribution in [0, 0.1) is 0 Å². The monoisotopic (exact) mass is 306 g/mol. The summed E-state index contributed by atoms with van der Waals surface area (Å²) in [6, 6.07) is 13.6. The second-order valence-electron chi connectivity index (χ2n) is 4.60. The predicted octanol–water partition coefficient (Wildman–Crippen LogP) is 4.24. The van der Waals surface area contributed by atoms with Gasteiger partial charge in [-0.15, -0.1) is 11.6 Å². The number of hydrogen-bond donors (Lipinski definition) is 0. The molecule has 21 heavy (non-hydrogen) atoms. The molecule has 0 aromatic heterocycles. The minimum absolute atomic E-state index is 0.191. The zero-order valence-corrected chi connectivity index (χ0v) is 13.2. The van der Waals surface area contributed by atoms with E-state index in [1.54, 1.807) is 21.3 Å². The van der Waals surface area contributed by atoms with Crippen LogP contribution in [0.25, 0.3) is 0 Å². The lowest BCUT2D eigenvalue weighted by Gasteiger charge is -2.16. The second kappa shape index (κ2) is 7.23. The quantitative estimate of drug-likeness (QED) is 0.747. The van der Waals surface area contributed by atoms with E-state index >= 15 is 0 Å². The molecule has 0 amide bonds. The van der Waals surface area contributed by atoms with Gasteiger partial charge in [0.1, 0.15) is 5.75 Å². The van der Waals surface area contributed by atoms with Crippen molar-refractivity contribution >= 4 is 11.6 Å². The Labute approximate surface area is 130 Å². The minimum Gasteiger partial charge on any atom is -0.497 e. The smallest absolute Gasteiger partial charge is 0.165 e. The maximum Gasteiger partial charge on any atom is 0.165 e. The Morgan fingerprint density at radius 3 is 2.19 bits per heavy atom. The summed E-state index contributed by atoms with van der Waals surface area (Å²) in [5.41, 5.74) is 2.06. The van der Waals surface area contributed by atoms with E-state index in [1.807, 2.05) is 42.5 Å². The third kappa shape index (κ3) is 3.61. The largest absolute Gasteiger partial charge is 0.497 e. The Bertz CT molecular complexity index is 581. The average Bonchev–Trinajstić information content (AvgIpc) is 2.54. The number of halogens is 1. The lowest BCUT2D eigenvalue weighted by Crippen LogP contribution is -2.01. The van der Waals surface area contributed by atoms with Gasteiger partial charge in [-0.25, -0.2) is 0 Å². The van der Waals surface area contributed by atoms with Crippen molar-refractivity contribution in [3.05, 3.63) is 53.6 Å². The van der Waals surface area contributed by atoms with Crippen LogP contribution in [0.2, 0.25) is 0 Å². The van der Waals surface area contributed by atoms with E-state index in [-0.39, 0.29) is 5.38 Å². The van der Waals surface area contributed by atoms with Gasteiger partial charge in [0.25, 0.3) is 0 Å². The zero-order chi connectivity index (χ0) is 15.2. The van der Waals surface area contributed by atoms with E-state index in [2.05, 4.69) is 0 Å². The number of ether oxygens (including phenoxy) is 3. The van der Waals surface area contributed by atoms with Crippen molar-refractivity contribution in [2.75, 3.05) is 21.3 Å². The van der Waals surface area contributed by atoms with Crippen LogP contribution >= 0.6 is 11.6 Å². The highest BCUT2D eigenvalue weighted by Gasteiger charge is 2.17. The molecular formula is C17H19ClO3. The normalized spacial score (nSPS) is 11.8. The van der Waals surface area contributed by atoms with Crippen LogP contribution in [-0.2, 0) is 6.42 Å². The molecule has 0 aliphatic carbocycles. The third-order valence-corrected chi connectivity index (χ3v) is 3.73. The Balaban J connectivity index is 2.21. The zero-order valence-electron chi connectivity index (χ0n) is 12.4. The number of alkyl halides is 1. The van der Waals surface area contributed by atoms with Gasteiger partial charge in [-0.05, 0) is 30.2 Å². The highest BCUT2D eigenvalue weighted by atomic mass is 35.5. The van der Waals surface area contributed by atoms with E-state index in [4.69, 9.17) is 25.8 Å². The highest BCUT2D eigenvalue weighted by Crippen LogP contribution is 2.38. The van der Waals surface area contributed by atoms with Gasteiger partial charge in [-0.3, -0.25) is 0 Å². The van der Waals surface area contributed by atoms with Crippen LogP contribution in [0.15, 0.2) is 42.5 Å². The van der Waals surface area contributed by atoms with Crippen molar-refractivity contribution in [3.8, 4) is 17.2 Å². The van der Waals surface area contributed by atoms with Crippen LogP contribution in [0.1, 0.15) is 16.5 Å². The predicted molar refractivity (Wildman–Crippen MR) is 84.8 cm³/mol. The Morgan fingerprint density at radius 1 is 0.905 bits per heavy atom. The fourth-order valence-electron chi connectivity index (χ4n) is 2.24. The number of rotatable bonds is 6. The molecule has 1 atom stereocenters. The Morgan fingerprint density at radius 2 is 1.62 bits per heavy atom. The van der Waals surface area contributed by atoms with Crippen LogP contribution in [0.4, 0.5) is 0 Å². The van der Waals surface area contributed by atoms with Crippen molar-refractivity contribution in [2.24, 2.45) is 0 Å². The van der Waals surface area contributed by atoms with Gasteiger partial charge in [0.2, 0.25) is 0 Å². The van der Waals surface area contributed by atoms with Crippen molar-refractivity contribution < 1.29 is 14.2 Å². The summed E-state index contributed by atoms with van der Waals surface area (Å²) in [7, 11) is 4.90. The molecule has 0 spiro atoms. The fourth-order valence-corrected chi connectivity index (χ4v) is 2.59. The van der Waals surface area contributed by atoms with E-state index < -0.39 is 0 Å². The van der Waals surface area contributed by atoms with Crippen molar-refractivity contribution in [3.63, 3.8) is 0 Å². The molecule has 0 aliphatic heterocycles. The van der Waals surface area contributed by atoms with Crippen molar-refractivity contribution in [1.29, 1.82) is 0 Å². The minimum atomic E-state index is -0.191. The van der Waals surface area contributed by atoms with E-state index in [1.165, 1.54) is 0 Å². The van der Waals surface area contributed by atoms with Gasteiger partial charge in [0.15, 0.2) is 11.5 Å². The highest BCUT2D eigenvalue weighted by molar-refractivity contribution is 6.21. The molecule has 0 bridgehead atoms. The first-order valence-electron chi connectivity index (χ1n) is 6.67. The van der Waals surface area contributed by atoms with Crippen molar-refractivity contribution in [1.82, 2.24) is 0 Å². The van der Waals surface area contributed by atoms with Crippen LogP contribution < -0.4 is 14.2 Å². The molecule has 0 fully saturated rings. The van der Waals surface area contributed by atoms with E-state index in [0.29, 0.717) is 17.9 Å². The lowest BCUT2D eigenvalue weighted by molar-refractivity contribution is 0.351. The molecule has 112 valence electrons. The Hall–Kier alpha value is -1.87. The molecule has 0 saturated carbocycles. The fraction of sp³-hybridized carbons (Fsp3) is 0.294. The SMILES string of the molecule is COc1ccc(CC(Cl)c2cccc(OC)c2OC)cc1. The number of hydrogen-bond acceptors (Lipinski definition) is 3. The molecule has 0 saturated heterocycles. The topological polar surface area (TPSA) is 27.7 Å². The van der Waals surface area contributed by atoms with Gasteiger partial charge >= 0.3 is 0 Å². The lowest BCUT2D eigenvalue weighted by atomic mass is 10.0. The number of para-hydroxylation sites is 1. The molecular weight excluding hydrogens is 288 g/mol. The van der Waals surface area contributed by atoms with Gasteiger partial charge < -0.3 is 14.2 Å². The van der Waals surface area contributed by atoms with E-state index in [9.17, 15) is 0 Å². The van der Waals surface area contributed by atoms with Gasteiger partial charge in [0.05, 0.1) is 26.7 Å². The molecule has 0 radical (unpaired) electrons. The van der Waals surface area contributed by atoms with E-state index in [0.717, 1.165) is 16.9 Å². The summed E-state index contributed by atoms with van der Waals surface area (Å²) in [6.07, 6.45) is 0.703. The van der Waals surface area contributed by atoms with Crippen LogP contribution in [0.5, 0.6) is 17.2 Å². The average molecular weight is 307 g/mol. The van der Waals surface area contributed by atoms with Crippen molar-refractivity contribution in [2.45, 2.75) is 11.8 Å². The first-order chi connectivity index (χ1) is 10.2. The molecule has 4 heteroatoms. The summed E-state index contributed by atoms with van der Waals surface area (Å²) < 4.78 is 15.9. The second-order valence-corrected chi connectivity index (χ2v) is 5.13. The summed E-state index contributed by atoms with van der Waals surface area (Å²) in [5.74, 6) is 2.22. The molecule has 2 rings (SSSR count). The first kappa shape index (κ1) is 15.5. The molecule has 2 aromatic rings. The summed E-state index contributed by atoms with van der Waals surface area (Å²) in [5, 5.41) is -0.191. The van der Waals surface area contributed by atoms with Crippen LogP contribution in [-0.4, -0.2) is 21.3 Å². The van der Waals surface area contributed by atoms with Crippen LogP contribution in [0.3, 0.4) is 0 Å².